The number of thiazole rings is 1. The molecular weight excluding hydrogens is 272 g/mol. The Kier molecular flexibility index (Phi) is 2.65. The molecule has 2 heterocycles. The van der Waals surface area contributed by atoms with Gasteiger partial charge in [0.15, 0.2) is 0 Å². The summed E-state index contributed by atoms with van der Waals surface area (Å²) in [6.07, 6.45) is 1.66. The molecule has 1 aromatic carbocycles. The van der Waals surface area contributed by atoms with Crippen LogP contribution < -0.4 is 4.90 Å². The van der Waals surface area contributed by atoms with E-state index in [0.717, 1.165) is 5.01 Å². The number of rotatable bonds is 2. The first-order valence-electron chi connectivity index (χ1n) is 5.21. The summed E-state index contributed by atoms with van der Waals surface area (Å²) in [6.45, 7) is 0.277. The summed E-state index contributed by atoms with van der Waals surface area (Å²) in [7, 11) is 0. The fourth-order valence-corrected chi connectivity index (χ4v) is 2.81. The van der Waals surface area contributed by atoms with Crippen LogP contribution in [0.1, 0.15) is 15.4 Å². The van der Waals surface area contributed by atoms with E-state index >= 15 is 0 Å². The van der Waals surface area contributed by atoms with Crippen LogP contribution >= 0.6 is 22.9 Å². The van der Waals surface area contributed by atoms with Gasteiger partial charge in [-0.2, -0.15) is 0 Å². The molecule has 3 rings (SSSR count). The van der Waals surface area contributed by atoms with Crippen molar-refractivity contribution in [1.29, 1.82) is 0 Å². The number of hydrogen-bond acceptors (Lipinski definition) is 4. The minimum Gasteiger partial charge on any atom is -0.296 e. The maximum absolute atomic E-state index is 11.9. The van der Waals surface area contributed by atoms with Crippen molar-refractivity contribution in [3.05, 3.63) is 45.4 Å². The van der Waals surface area contributed by atoms with Gasteiger partial charge >= 0.3 is 0 Å². The van der Waals surface area contributed by atoms with E-state index in [1.54, 1.807) is 24.4 Å². The van der Waals surface area contributed by atoms with Crippen LogP contribution in [0.3, 0.4) is 0 Å². The smallest absolute Gasteiger partial charge is 0.296 e. The lowest BCUT2D eigenvalue weighted by Gasteiger charge is -2.15. The first kappa shape index (κ1) is 11.4. The van der Waals surface area contributed by atoms with Gasteiger partial charge in [-0.15, -0.1) is 11.3 Å². The Morgan fingerprint density at radius 2 is 2.17 bits per heavy atom. The number of ketones is 1. The van der Waals surface area contributed by atoms with E-state index in [1.165, 1.54) is 16.2 Å². The zero-order chi connectivity index (χ0) is 12.7. The van der Waals surface area contributed by atoms with Gasteiger partial charge in [0.25, 0.3) is 11.7 Å². The summed E-state index contributed by atoms with van der Waals surface area (Å²) >= 11 is 7.51. The van der Waals surface area contributed by atoms with Gasteiger partial charge in [0.1, 0.15) is 5.01 Å². The molecule has 18 heavy (non-hydrogen) atoms. The molecule has 0 saturated carbocycles. The number of fused-ring (bicyclic) bond motifs is 1. The van der Waals surface area contributed by atoms with Crippen molar-refractivity contribution in [3.63, 3.8) is 0 Å². The van der Waals surface area contributed by atoms with Crippen molar-refractivity contribution in [1.82, 2.24) is 4.98 Å². The highest BCUT2D eigenvalue weighted by Crippen LogP contribution is 2.36. The standard InChI is InChI=1S/C12H7ClN2O2S/c13-8-3-1-2-7-10(8)15(12(17)11(7)16)6-9-14-4-5-18-9/h1-5H,6H2. The van der Waals surface area contributed by atoms with Crippen molar-refractivity contribution in [2.45, 2.75) is 6.54 Å². The Bertz CT molecular complexity index is 640. The Labute approximate surface area is 112 Å². The minimum absolute atomic E-state index is 0.277. The number of carbonyl (C=O) groups is 2. The van der Waals surface area contributed by atoms with Gasteiger partial charge in [-0.3, -0.25) is 14.5 Å². The third kappa shape index (κ3) is 1.63. The van der Waals surface area contributed by atoms with E-state index in [9.17, 15) is 9.59 Å². The average Bonchev–Trinajstić information content (AvgIpc) is 2.94. The van der Waals surface area contributed by atoms with E-state index in [4.69, 9.17) is 11.6 Å². The zero-order valence-corrected chi connectivity index (χ0v) is 10.7. The van der Waals surface area contributed by atoms with Crippen LogP contribution in [-0.2, 0) is 11.3 Å². The largest absolute Gasteiger partial charge is 0.299 e. The van der Waals surface area contributed by atoms with E-state index in [0.29, 0.717) is 16.3 Å². The number of nitrogens with zero attached hydrogens (tertiary/aromatic N) is 2. The second-order valence-electron chi connectivity index (χ2n) is 3.78. The van der Waals surface area contributed by atoms with Crippen LogP contribution in [0.2, 0.25) is 5.02 Å². The number of anilines is 1. The Morgan fingerprint density at radius 1 is 1.33 bits per heavy atom. The highest BCUT2D eigenvalue weighted by molar-refractivity contribution is 7.09. The molecule has 0 fully saturated rings. The minimum atomic E-state index is -0.548. The monoisotopic (exact) mass is 278 g/mol. The third-order valence-electron chi connectivity index (χ3n) is 2.72. The SMILES string of the molecule is O=C1C(=O)N(Cc2nccs2)c2c(Cl)cccc21. The van der Waals surface area contributed by atoms with E-state index in [1.807, 2.05) is 5.38 Å². The van der Waals surface area contributed by atoms with Gasteiger partial charge in [0.2, 0.25) is 0 Å². The van der Waals surface area contributed by atoms with Crippen LogP contribution in [0.4, 0.5) is 5.69 Å². The summed E-state index contributed by atoms with van der Waals surface area (Å²) in [5, 5.41) is 3.00. The molecule has 4 nitrogen and oxygen atoms in total. The predicted octanol–water partition coefficient (Wildman–Crippen LogP) is 2.53. The van der Waals surface area contributed by atoms with Crippen molar-refractivity contribution in [3.8, 4) is 0 Å². The summed E-state index contributed by atoms with van der Waals surface area (Å²) in [5.74, 6) is -1.06. The van der Waals surface area contributed by atoms with Crippen LogP contribution in [0.15, 0.2) is 29.8 Å². The number of aromatic nitrogens is 1. The molecule has 90 valence electrons. The van der Waals surface area contributed by atoms with Gasteiger partial charge in [0, 0.05) is 11.6 Å². The Morgan fingerprint density at radius 3 is 2.89 bits per heavy atom. The lowest BCUT2D eigenvalue weighted by Crippen LogP contribution is -2.29. The second-order valence-corrected chi connectivity index (χ2v) is 5.17. The predicted molar refractivity (Wildman–Crippen MR) is 69.1 cm³/mol. The van der Waals surface area contributed by atoms with Crippen molar-refractivity contribution >= 4 is 40.3 Å². The first-order chi connectivity index (χ1) is 8.68. The molecule has 2 aromatic rings. The number of Topliss-reactive ketones (excluding diaryl/α,β-unsaturated/α-hetero) is 1. The number of hydrogen-bond donors (Lipinski definition) is 0. The fourth-order valence-electron chi connectivity index (χ4n) is 1.93. The van der Waals surface area contributed by atoms with Crippen LogP contribution in [0.25, 0.3) is 0 Å². The van der Waals surface area contributed by atoms with E-state index in [2.05, 4.69) is 4.98 Å². The molecular formula is C12H7ClN2O2S. The summed E-state index contributed by atoms with van der Waals surface area (Å²) in [6, 6.07) is 4.95. The maximum Gasteiger partial charge on any atom is 0.299 e. The van der Waals surface area contributed by atoms with Crippen molar-refractivity contribution in [2.24, 2.45) is 0 Å². The molecule has 6 heteroatoms. The molecule has 1 amide bonds. The van der Waals surface area contributed by atoms with Crippen LogP contribution in [0.5, 0.6) is 0 Å². The van der Waals surface area contributed by atoms with Gasteiger partial charge in [-0.1, -0.05) is 17.7 Å². The van der Waals surface area contributed by atoms with Crippen molar-refractivity contribution < 1.29 is 9.59 Å². The Hall–Kier alpha value is -1.72. The molecule has 1 aromatic heterocycles. The van der Waals surface area contributed by atoms with E-state index in [-0.39, 0.29) is 6.54 Å². The van der Waals surface area contributed by atoms with Gasteiger partial charge in [0.05, 0.1) is 22.8 Å². The molecule has 0 N–H and O–H groups in total. The average molecular weight is 279 g/mol. The Balaban J connectivity index is 2.07. The highest BCUT2D eigenvalue weighted by Gasteiger charge is 2.37. The molecule has 1 aliphatic rings. The highest BCUT2D eigenvalue weighted by atomic mass is 35.5. The molecule has 0 saturated heterocycles. The number of amides is 1. The molecule has 0 atom stereocenters. The molecule has 0 radical (unpaired) electrons. The zero-order valence-electron chi connectivity index (χ0n) is 9.09. The summed E-state index contributed by atoms with van der Waals surface area (Å²) in [4.78, 5) is 29.3. The number of carbonyl (C=O) groups excluding carboxylic acids is 2. The molecule has 0 bridgehead atoms. The number of para-hydroxylation sites is 1. The van der Waals surface area contributed by atoms with E-state index < -0.39 is 11.7 Å². The topological polar surface area (TPSA) is 50.3 Å². The normalized spacial score (nSPS) is 14.2. The van der Waals surface area contributed by atoms with Gasteiger partial charge in [-0.25, -0.2) is 4.98 Å². The quantitative estimate of drug-likeness (QED) is 0.793. The number of halogens is 1. The van der Waals surface area contributed by atoms with Gasteiger partial charge < -0.3 is 0 Å². The molecule has 0 unspecified atom stereocenters. The maximum atomic E-state index is 11.9. The lowest BCUT2D eigenvalue weighted by atomic mass is 10.1. The molecule has 1 aliphatic heterocycles. The van der Waals surface area contributed by atoms with Crippen LogP contribution in [0, 0.1) is 0 Å². The second kappa shape index (κ2) is 4.19. The fraction of sp³-hybridized carbons (Fsp3) is 0.0833. The summed E-state index contributed by atoms with van der Waals surface area (Å²) < 4.78 is 0. The number of benzene rings is 1. The molecule has 0 aliphatic carbocycles. The molecule has 0 spiro atoms. The third-order valence-corrected chi connectivity index (χ3v) is 3.79. The van der Waals surface area contributed by atoms with Crippen molar-refractivity contribution in [2.75, 3.05) is 4.90 Å². The first-order valence-corrected chi connectivity index (χ1v) is 6.47. The van der Waals surface area contributed by atoms with Crippen LogP contribution in [-0.4, -0.2) is 16.7 Å². The van der Waals surface area contributed by atoms with Gasteiger partial charge in [-0.05, 0) is 12.1 Å². The summed E-state index contributed by atoms with van der Waals surface area (Å²) in [5.41, 5.74) is 0.855. The lowest BCUT2D eigenvalue weighted by molar-refractivity contribution is -0.114.